The number of hydrogen-bond acceptors (Lipinski definition) is 2. The first-order valence-electron chi connectivity index (χ1n) is 5.18. The molecule has 0 aliphatic carbocycles. The van der Waals surface area contributed by atoms with Crippen LogP contribution in [0.2, 0.25) is 0 Å². The number of hydrogen-bond donors (Lipinski definition) is 0. The van der Waals surface area contributed by atoms with Gasteiger partial charge >= 0.3 is 0 Å². The lowest BCUT2D eigenvalue weighted by molar-refractivity contribution is 0.290. The van der Waals surface area contributed by atoms with Crippen molar-refractivity contribution in [2.24, 2.45) is 0 Å². The zero-order valence-electron chi connectivity index (χ0n) is 9.06. The molecule has 2 rings (SSSR count). The first-order chi connectivity index (χ1) is 7.79. The Morgan fingerprint density at radius 3 is 3.06 bits per heavy atom. The molecule has 2 aromatic rings. The summed E-state index contributed by atoms with van der Waals surface area (Å²) in [5.74, 6) is 1.79. The summed E-state index contributed by atoms with van der Waals surface area (Å²) in [5.41, 5.74) is 0. The van der Waals surface area contributed by atoms with E-state index < -0.39 is 0 Å². The number of nitrogens with zero attached hydrogens (tertiary/aromatic N) is 2. The Morgan fingerprint density at radius 2 is 2.31 bits per heavy atom. The fraction of sp³-hybridized carbons (Fsp3) is 0.250. The van der Waals surface area contributed by atoms with Crippen molar-refractivity contribution in [3.63, 3.8) is 0 Å². The molecule has 1 aromatic carbocycles. The Bertz CT molecular complexity index is 468. The van der Waals surface area contributed by atoms with Crippen LogP contribution in [-0.4, -0.2) is 9.55 Å². The summed E-state index contributed by atoms with van der Waals surface area (Å²) in [6, 6.07) is 7.80. The SMILES string of the molecule is CCn1ccnc1COc1cccc(Br)c1. The lowest BCUT2D eigenvalue weighted by Crippen LogP contribution is -2.05. The van der Waals surface area contributed by atoms with Gasteiger partial charge in [-0.2, -0.15) is 0 Å². The molecule has 16 heavy (non-hydrogen) atoms. The molecular weight excluding hydrogens is 268 g/mol. The highest BCUT2D eigenvalue weighted by Crippen LogP contribution is 2.18. The van der Waals surface area contributed by atoms with Crippen LogP contribution in [0.5, 0.6) is 5.75 Å². The second-order valence-electron chi connectivity index (χ2n) is 3.38. The van der Waals surface area contributed by atoms with Gasteiger partial charge in [0, 0.05) is 23.4 Å². The maximum atomic E-state index is 5.66. The van der Waals surface area contributed by atoms with E-state index in [1.165, 1.54) is 0 Å². The third-order valence-corrected chi connectivity index (χ3v) is 2.80. The standard InChI is InChI=1S/C12H13BrN2O/c1-2-15-7-6-14-12(15)9-16-11-5-3-4-10(13)8-11/h3-8H,2,9H2,1H3. The van der Waals surface area contributed by atoms with E-state index >= 15 is 0 Å². The van der Waals surface area contributed by atoms with Crippen LogP contribution in [0.1, 0.15) is 12.7 Å². The van der Waals surface area contributed by atoms with Crippen LogP contribution in [0.3, 0.4) is 0 Å². The highest BCUT2D eigenvalue weighted by atomic mass is 79.9. The number of aromatic nitrogens is 2. The number of halogens is 1. The van der Waals surface area contributed by atoms with Gasteiger partial charge in [0.2, 0.25) is 0 Å². The fourth-order valence-corrected chi connectivity index (χ4v) is 1.85. The van der Waals surface area contributed by atoms with Crippen molar-refractivity contribution in [3.05, 3.63) is 47.0 Å². The van der Waals surface area contributed by atoms with Crippen LogP contribution in [-0.2, 0) is 13.2 Å². The van der Waals surface area contributed by atoms with E-state index in [-0.39, 0.29) is 0 Å². The van der Waals surface area contributed by atoms with Crippen molar-refractivity contribution >= 4 is 15.9 Å². The van der Waals surface area contributed by atoms with Gasteiger partial charge in [-0.3, -0.25) is 0 Å². The second kappa shape index (κ2) is 5.16. The fourth-order valence-electron chi connectivity index (χ4n) is 1.47. The monoisotopic (exact) mass is 280 g/mol. The smallest absolute Gasteiger partial charge is 0.146 e. The minimum atomic E-state index is 0.497. The molecule has 0 saturated carbocycles. The van der Waals surface area contributed by atoms with Crippen molar-refractivity contribution < 1.29 is 4.74 Å². The Balaban J connectivity index is 2.02. The van der Waals surface area contributed by atoms with Gasteiger partial charge in [0.15, 0.2) is 0 Å². The quantitative estimate of drug-likeness (QED) is 0.860. The molecule has 0 spiro atoms. The van der Waals surface area contributed by atoms with Gasteiger partial charge in [0.1, 0.15) is 18.2 Å². The zero-order valence-corrected chi connectivity index (χ0v) is 10.6. The van der Waals surface area contributed by atoms with Crippen molar-refractivity contribution in [3.8, 4) is 5.75 Å². The molecule has 0 N–H and O–H groups in total. The van der Waals surface area contributed by atoms with Gasteiger partial charge in [-0.25, -0.2) is 4.98 Å². The van der Waals surface area contributed by atoms with Crippen molar-refractivity contribution in [2.75, 3.05) is 0 Å². The molecule has 84 valence electrons. The molecule has 0 aliphatic rings. The normalized spacial score (nSPS) is 10.4. The molecule has 0 aliphatic heterocycles. The average Bonchev–Trinajstić information content (AvgIpc) is 2.74. The van der Waals surface area contributed by atoms with Crippen LogP contribution < -0.4 is 4.74 Å². The highest BCUT2D eigenvalue weighted by Gasteiger charge is 2.02. The van der Waals surface area contributed by atoms with Crippen LogP contribution >= 0.6 is 15.9 Å². The Kier molecular flexibility index (Phi) is 3.62. The molecule has 0 fully saturated rings. The summed E-state index contributed by atoms with van der Waals surface area (Å²) in [6.45, 7) is 3.50. The number of ether oxygens (including phenoxy) is 1. The Morgan fingerprint density at radius 1 is 1.44 bits per heavy atom. The molecule has 0 saturated heterocycles. The molecule has 0 atom stereocenters. The minimum Gasteiger partial charge on any atom is -0.486 e. The minimum absolute atomic E-state index is 0.497. The Hall–Kier alpha value is -1.29. The van der Waals surface area contributed by atoms with Crippen molar-refractivity contribution in [1.82, 2.24) is 9.55 Å². The molecule has 3 nitrogen and oxygen atoms in total. The Labute approximate surface area is 103 Å². The van der Waals surface area contributed by atoms with Gasteiger partial charge in [-0.05, 0) is 25.1 Å². The van der Waals surface area contributed by atoms with Gasteiger partial charge in [0.25, 0.3) is 0 Å². The largest absolute Gasteiger partial charge is 0.486 e. The van der Waals surface area contributed by atoms with Gasteiger partial charge < -0.3 is 9.30 Å². The number of imidazole rings is 1. The number of benzene rings is 1. The first-order valence-corrected chi connectivity index (χ1v) is 5.97. The third-order valence-electron chi connectivity index (χ3n) is 2.31. The van der Waals surface area contributed by atoms with Crippen LogP contribution in [0.15, 0.2) is 41.1 Å². The lowest BCUT2D eigenvalue weighted by Gasteiger charge is -2.07. The summed E-state index contributed by atoms with van der Waals surface area (Å²) in [4.78, 5) is 4.25. The maximum absolute atomic E-state index is 5.66. The highest BCUT2D eigenvalue weighted by molar-refractivity contribution is 9.10. The van der Waals surface area contributed by atoms with Gasteiger partial charge in [-0.15, -0.1) is 0 Å². The van der Waals surface area contributed by atoms with E-state index in [1.807, 2.05) is 30.5 Å². The molecule has 0 unspecified atom stereocenters. The summed E-state index contributed by atoms with van der Waals surface area (Å²) in [6.07, 6.45) is 3.75. The number of aryl methyl sites for hydroxylation is 1. The zero-order chi connectivity index (χ0) is 11.4. The van der Waals surface area contributed by atoms with Crippen LogP contribution in [0, 0.1) is 0 Å². The van der Waals surface area contributed by atoms with E-state index in [0.29, 0.717) is 6.61 Å². The molecule has 1 heterocycles. The van der Waals surface area contributed by atoms with Gasteiger partial charge in [-0.1, -0.05) is 22.0 Å². The summed E-state index contributed by atoms with van der Waals surface area (Å²) in [5, 5.41) is 0. The van der Waals surface area contributed by atoms with E-state index in [9.17, 15) is 0 Å². The predicted molar refractivity (Wildman–Crippen MR) is 66.4 cm³/mol. The molecular formula is C12H13BrN2O. The first kappa shape index (κ1) is 11.2. The molecule has 0 bridgehead atoms. The van der Waals surface area contributed by atoms with E-state index in [2.05, 4.69) is 32.4 Å². The summed E-state index contributed by atoms with van der Waals surface area (Å²) >= 11 is 3.41. The van der Waals surface area contributed by atoms with E-state index in [0.717, 1.165) is 22.6 Å². The van der Waals surface area contributed by atoms with Crippen LogP contribution in [0.4, 0.5) is 0 Å². The second-order valence-corrected chi connectivity index (χ2v) is 4.29. The summed E-state index contributed by atoms with van der Waals surface area (Å²) in [7, 11) is 0. The van der Waals surface area contributed by atoms with E-state index in [4.69, 9.17) is 4.74 Å². The average molecular weight is 281 g/mol. The molecule has 4 heteroatoms. The number of rotatable bonds is 4. The maximum Gasteiger partial charge on any atom is 0.146 e. The van der Waals surface area contributed by atoms with E-state index in [1.54, 1.807) is 6.20 Å². The van der Waals surface area contributed by atoms with Crippen molar-refractivity contribution in [2.45, 2.75) is 20.1 Å². The van der Waals surface area contributed by atoms with Crippen LogP contribution in [0.25, 0.3) is 0 Å². The lowest BCUT2D eigenvalue weighted by atomic mass is 10.3. The summed E-state index contributed by atoms with van der Waals surface area (Å²) < 4.78 is 8.75. The molecule has 1 aromatic heterocycles. The topological polar surface area (TPSA) is 27.1 Å². The molecule has 0 radical (unpaired) electrons. The third kappa shape index (κ3) is 2.64. The predicted octanol–water partition coefficient (Wildman–Crippen LogP) is 3.24. The van der Waals surface area contributed by atoms with Crippen molar-refractivity contribution in [1.29, 1.82) is 0 Å². The molecule has 0 amide bonds. The van der Waals surface area contributed by atoms with Gasteiger partial charge in [0.05, 0.1) is 0 Å².